The molecule has 2 aromatic carbocycles. The molecule has 11 heteroatoms. The number of fused-ring (bicyclic) bond motifs is 1. The number of aromatic nitrogens is 4. The summed E-state index contributed by atoms with van der Waals surface area (Å²) in [6.07, 6.45) is -2.81. The van der Waals surface area contributed by atoms with Crippen LogP contribution in [0.3, 0.4) is 0 Å². The third-order valence-corrected chi connectivity index (χ3v) is 6.39. The zero-order valence-electron chi connectivity index (χ0n) is 21.1. The van der Waals surface area contributed by atoms with E-state index in [1.807, 2.05) is 42.2 Å². The van der Waals surface area contributed by atoms with Gasteiger partial charge in [-0.2, -0.15) is 9.97 Å². The number of morpholine rings is 1. The van der Waals surface area contributed by atoms with Crippen LogP contribution in [0.15, 0.2) is 60.7 Å². The Morgan fingerprint density at radius 1 is 1.03 bits per heavy atom. The van der Waals surface area contributed by atoms with Gasteiger partial charge in [0.1, 0.15) is 11.6 Å². The lowest BCUT2D eigenvalue weighted by atomic mass is 10.2. The van der Waals surface area contributed by atoms with Gasteiger partial charge in [-0.3, -0.25) is 9.36 Å². The number of amides is 1. The predicted molar refractivity (Wildman–Crippen MR) is 141 cm³/mol. The highest BCUT2D eigenvalue weighted by Crippen LogP contribution is 2.29. The van der Waals surface area contributed by atoms with Crippen LogP contribution in [-0.2, 0) is 16.1 Å². The maximum atomic E-state index is 14.0. The van der Waals surface area contributed by atoms with Crippen molar-refractivity contribution in [3.8, 4) is 5.82 Å². The van der Waals surface area contributed by atoms with Crippen molar-refractivity contribution in [3.05, 3.63) is 72.1 Å². The van der Waals surface area contributed by atoms with E-state index in [-0.39, 0.29) is 24.2 Å². The molecule has 38 heavy (non-hydrogen) atoms. The molecule has 5 rings (SSSR count). The monoisotopic (exact) mass is 521 g/mol. The van der Waals surface area contributed by atoms with Gasteiger partial charge in [0.15, 0.2) is 5.82 Å². The molecule has 1 amide bonds. The van der Waals surface area contributed by atoms with Crippen LogP contribution in [0, 0.1) is 0 Å². The summed E-state index contributed by atoms with van der Waals surface area (Å²) in [6, 6.07) is 18.4. The summed E-state index contributed by atoms with van der Waals surface area (Å²) in [4.78, 5) is 30.1. The fraction of sp³-hybridized carbons (Fsp3) is 0.333. The molecule has 9 nitrogen and oxygen atoms in total. The number of alkyl halides is 2. The molecule has 3 heterocycles. The van der Waals surface area contributed by atoms with Crippen molar-refractivity contribution >= 4 is 28.7 Å². The third kappa shape index (κ3) is 5.57. The van der Waals surface area contributed by atoms with E-state index in [0.29, 0.717) is 56.2 Å². The Balaban J connectivity index is 1.46. The molecule has 198 valence electrons. The quantitative estimate of drug-likeness (QED) is 0.356. The van der Waals surface area contributed by atoms with E-state index in [9.17, 15) is 13.6 Å². The average Bonchev–Trinajstić information content (AvgIpc) is 3.36. The van der Waals surface area contributed by atoms with Gasteiger partial charge in [-0.15, -0.1) is 0 Å². The van der Waals surface area contributed by atoms with Crippen molar-refractivity contribution in [2.45, 2.75) is 19.9 Å². The molecular weight excluding hydrogens is 492 g/mol. The smallest absolute Gasteiger partial charge is 0.296 e. The number of para-hydroxylation sites is 2. The Bertz CT molecular complexity index is 1390. The Kier molecular flexibility index (Phi) is 7.73. The first-order valence-corrected chi connectivity index (χ1v) is 12.6. The second-order valence-corrected chi connectivity index (χ2v) is 8.85. The molecule has 0 radical (unpaired) electrons. The van der Waals surface area contributed by atoms with Crippen molar-refractivity contribution in [2.75, 3.05) is 49.6 Å². The van der Waals surface area contributed by atoms with E-state index in [4.69, 9.17) is 4.74 Å². The van der Waals surface area contributed by atoms with Gasteiger partial charge in [0, 0.05) is 32.2 Å². The lowest BCUT2D eigenvalue weighted by Gasteiger charge is -2.28. The largest absolute Gasteiger partial charge is 0.378 e. The van der Waals surface area contributed by atoms with Crippen LogP contribution in [0.1, 0.15) is 24.7 Å². The van der Waals surface area contributed by atoms with Gasteiger partial charge in [-0.1, -0.05) is 42.5 Å². The molecule has 1 aliphatic rings. The van der Waals surface area contributed by atoms with Crippen LogP contribution < -0.4 is 10.2 Å². The Labute approximate surface area is 219 Å². The van der Waals surface area contributed by atoms with Gasteiger partial charge in [0.25, 0.3) is 6.43 Å². The number of nitrogens with one attached hydrogen (secondary N) is 1. The predicted octanol–water partition coefficient (Wildman–Crippen LogP) is 4.05. The molecule has 0 unspecified atom stereocenters. The maximum absolute atomic E-state index is 14.0. The third-order valence-electron chi connectivity index (χ3n) is 6.39. The number of carbonyl (C=O) groups excluding carboxylic acids is 1. The number of hydrogen-bond acceptors (Lipinski definition) is 7. The van der Waals surface area contributed by atoms with Gasteiger partial charge in [0.2, 0.25) is 11.9 Å². The molecule has 1 fully saturated rings. The Morgan fingerprint density at radius 2 is 1.74 bits per heavy atom. The van der Waals surface area contributed by atoms with Crippen LogP contribution in [0.25, 0.3) is 16.9 Å². The first-order valence-electron chi connectivity index (χ1n) is 12.6. The minimum absolute atomic E-state index is 0.0426. The molecule has 0 atom stereocenters. The second kappa shape index (κ2) is 11.5. The normalized spacial score (nSPS) is 13.7. The number of nitrogens with zero attached hydrogens (tertiary/aromatic N) is 6. The summed E-state index contributed by atoms with van der Waals surface area (Å²) in [7, 11) is 0. The number of halogens is 2. The van der Waals surface area contributed by atoms with E-state index in [0.717, 1.165) is 5.56 Å². The Morgan fingerprint density at radius 3 is 2.47 bits per heavy atom. The molecule has 0 saturated carbocycles. The molecule has 1 saturated heterocycles. The second-order valence-electron chi connectivity index (χ2n) is 8.85. The molecule has 2 aromatic heterocycles. The summed E-state index contributed by atoms with van der Waals surface area (Å²) < 4.78 is 34.9. The molecule has 0 spiro atoms. The van der Waals surface area contributed by atoms with Crippen LogP contribution in [0.2, 0.25) is 0 Å². The fourth-order valence-electron chi connectivity index (χ4n) is 4.45. The van der Waals surface area contributed by atoms with Gasteiger partial charge in [-0.25, -0.2) is 13.8 Å². The topological polar surface area (TPSA) is 88.4 Å². The number of imidazole rings is 1. The first-order chi connectivity index (χ1) is 18.5. The van der Waals surface area contributed by atoms with Crippen molar-refractivity contribution in [2.24, 2.45) is 0 Å². The van der Waals surface area contributed by atoms with E-state index >= 15 is 0 Å². The Hall–Kier alpha value is -4.12. The number of ether oxygens (including phenoxy) is 1. The molecule has 1 N–H and O–H groups in total. The van der Waals surface area contributed by atoms with E-state index in [1.165, 1.54) is 4.57 Å². The number of likely N-dealkylation sites (N-methyl/N-ethyl adjacent to an activating group) is 1. The minimum Gasteiger partial charge on any atom is -0.378 e. The molecule has 1 aliphatic heterocycles. The fourth-order valence-corrected chi connectivity index (χ4v) is 4.45. The lowest BCUT2D eigenvalue weighted by molar-refractivity contribution is -0.129. The van der Waals surface area contributed by atoms with Crippen molar-refractivity contribution in [1.82, 2.24) is 24.4 Å². The van der Waals surface area contributed by atoms with Crippen molar-refractivity contribution in [1.29, 1.82) is 0 Å². The minimum atomic E-state index is -2.81. The van der Waals surface area contributed by atoms with Crippen molar-refractivity contribution in [3.63, 3.8) is 0 Å². The van der Waals surface area contributed by atoms with Gasteiger partial charge in [-0.05, 0) is 24.6 Å². The van der Waals surface area contributed by atoms with Gasteiger partial charge >= 0.3 is 0 Å². The summed E-state index contributed by atoms with van der Waals surface area (Å²) in [5.74, 6) is 0.450. The van der Waals surface area contributed by atoms with E-state index in [2.05, 4.69) is 20.3 Å². The number of carbonyl (C=O) groups is 1. The summed E-state index contributed by atoms with van der Waals surface area (Å²) in [5.41, 5.74) is 1.98. The maximum Gasteiger partial charge on any atom is 0.296 e. The summed E-state index contributed by atoms with van der Waals surface area (Å²) in [5, 5.41) is 3.03. The molecule has 4 aromatic rings. The van der Waals surface area contributed by atoms with Gasteiger partial charge in [0.05, 0.1) is 30.8 Å². The lowest BCUT2D eigenvalue weighted by Crippen LogP contribution is -2.37. The summed E-state index contributed by atoms with van der Waals surface area (Å²) >= 11 is 0. The van der Waals surface area contributed by atoms with Crippen LogP contribution in [0.5, 0.6) is 0 Å². The standard InChI is InChI=1S/C27H29F2N7O2/c1-2-34(18-19-8-4-3-5-9-19)24(37)17-30-27-32-22(35-12-14-38-15-13-35)16-23(33-27)36-21-11-7-6-10-20(21)31-26(36)25(28)29/h3-11,16,25H,2,12-15,17-18H2,1H3,(H,30,32,33). The molecule has 0 aliphatic carbocycles. The average molecular weight is 522 g/mol. The number of anilines is 2. The zero-order chi connectivity index (χ0) is 26.5. The number of rotatable bonds is 9. The number of benzene rings is 2. The van der Waals surface area contributed by atoms with Crippen LogP contribution in [-0.4, -0.2) is 69.7 Å². The van der Waals surface area contributed by atoms with Crippen LogP contribution >= 0.6 is 0 Å². The molecular formula is C27H29F2N7O2. The zero-order valence-corrected chi connectivity index (χ0v) is 21.1. The highest BCUT2D eigenvalue weighted by molar-refractivity contribution is 5.81. The van der Waals surface area contributed by atoms with Crippen molar-refractivity contribution < 1.29 is 18.3 Å². The summed E-state index contributed by atoms with van der Waals surface area (Å²) in [6.45, 7) is 5.15. The first kappa shape index (κ1) is 25.5. The van der Waals surface area contributed by atoms with Crippen LogP contribution in [0.4, 0.5) is 20.5 Å². The highest BCUT2D eigenvalue weighted by Gasteiger charge is 2.23. The van der Waals surface area contributed by atoms with Gasteiger partial charge < -0.3 is 19.9 Å². The highest BCUT2D eigenvalue weighted by atomic mass is 19.3. The van der Waals surface area contributed by atoms with E-state index < -0.39 is 12.2 Å². The molecule has 0 bridgehead atoms. The SMILES string of the molecule is CCN(Cc1ccccc1)C(=O)CNc1nc(N2CCOCC2)cc(-n2c(C(F)F)nc3ccccc32)n1. The van der Waals surface area contributed by atoms with E-state index in [1.54, 1.807) is 35.2 Å². The number of hydrogen-bond donors (Lipinski definition) is 1.